The Kier molecular flexibility index (Phi) is 4.18. The first-order chi connectivity index (χ1) is 11.4. The Morgan fingerprint density at radius 1 is 1.30 bits per heavy atom. The minimum Gasteiger partial charge on any atom is -0.346 e. The van der Waals surface area contributed by atoms with Crippen molar-refractivity contribution in [2.75, 3.05) is 6.54 Å². The van der Waals surface area contributed by atoms with Crippen LogP contribution >= 0.6 is 12.8 Å². The average molecular weight is 327 g/mol. The van der Waals surface area contributed by atoms with Gasteiger partial charge in [0.25, 0.3) is 0 Å². The fraction of sp³-hybridized carbons (Fsp3) is 0.471. The number of pyridine rings is 1. The van der Waals surface area contributed by atoms with E-state index in [9.17, 15) is 0 Å². The SMILES string of the molecule is SNCCCC(CC1CC1)c1ncnc2cnc3[nH]ccc3c12. The molecule has 1 aliphatic rings. The Balaban J connectivity index is 1.78. The van der Waals surface area contributed by atoms with E-state index < -0.39 is 0 Å². The van der Waals surface area contributed by atoms with Crippen molar-refractivity contribution in [3.8, 4) is 0 Å². The largest absolute Gasteiger partial charge is 0.346 e. The maximum atomic E-state index is 4.70. The summed E-state index contributed by atoms with van der Waals surface area (Å²) in [6, 6.07) is 2.08. The van der Waals surface area contributed by atoms with Gasteiger partial charge in [0.1, 0.15) is 12.0 Å². The van der Waals surface area contributed by atoms with E-state index in [1.165, 1.54) is 30.3 Å². The van der Waals surface area contributed by atoms with E-state index in [4.69, 9.17) is 4.98 Å². The molecule has 0 amide bonds. The number of H-pyrrole nitrogens is 1. The average Bonchev–Trinajstić information content (AvgIpc) is 3.26. The van der Waals surface area contributed by atoms with Crippen LogP contribution in [-0.2, 0) is 0 Å². The molecule has 1 saturated carbocycles. The number of fused-ring (bicyclic) bond motifs is 3. The van der Waals surface area contributed by atoms with E-state index >= 15 is 0 Å². The zero-order chi connectivity index (χ0) is 15.6. The van der Waals surface area contributed by atoms with Crippen molar-refractivity contribution >= 4 is 34.8 Å². The lowest BCUT2D eigenvalue weighted by Gasteiger charge is -2.18. The van der Waals surface area contributed by atoms with Gasteiger partial charge >= 0.3 is 0 Å². The molecule has 0 aliphatic heterocycles. The summed E-state index contributed by atoms with van der Waals surface area (Å²) in [5.74, 6) is 1.35. The molecule has 5 nitrogen and oxygen atoms in total. The summed E-state index contributed by atoms with van der Waals surface area (Å²) < 4.78 is 2.95. The van der Waals surface area contributed by atoms with Crippen LogP contribution in [-0.4, -0.2) is 26.5 Å². The Morgan fingerprint density at radius 3 is 3.04 bits per heavy atom. The number of aromatic amines is 1. The molecular formula is C17H21N5S. The molecule has 3 heterocycles. The molecule has 6 heteroatoms. The smallest absolute Gasteiger partial charge is 0.138 e. The maximum absolute atomic E-state index is 4.70. The van der Waals surface area contributed by atoms with Crippen molar-refractivity contribution in [3.63, 3.8) is 0 Å². The van der Waals surface area contributed by atoms with Gasteiger partial charge in [0.15, 0.2) is 0 Å². The molecule has 0 bridgehead atoms. The molecule has 3 aromatic rings. The summed E-state index contributed by atoms with van der Waals surface area (Å²) >= 11 is 4.10. The van der Waals surface area contributed by atoms with Crippen LogP contribution in [0.15, 0.2) is 24.8 Å². The predicted octanol–water partition coefficient (Wildman–Crippen LogP) is 3.60. The Hall–Kier alpha value is -1.66. The third kappa shape index (κ3) is 3.05. The van der Waals surface area contributed by atoms with E-state index in [0.717, 1.165) is 41.9 Å². The van der Waals surface area contributed by atoms with Gasteiger partial charge in [-0.1, -0.05) is 25.7 Å². The normalized spacial score (nSPS) is 16.2. The topological polar surface area (TPSA) is 66.5 Å². The van der Waals surface area contributed by atoms with Gasteiger partial charge in [0.05, 0.1) is 17.4 Å². The molecule has 120 valence electrons. The first kappa shape index (κ1) is 14.9. The third-order valence-electron chi connectivity index (χ3n) is 4.76. The van der Waals surface area contributed by atoms with E-state index in [1.807, 2.05) is 12.4 Å². The number of nitrogens with zero attached hydrogens (tertiary/aromatic N) is 3. The van der Waals surface area contributed by atoms with Crippen LogP contribution < -0.4 is 4.72 Å². The molecule has 2 N–H and O–H groups in total. The second-order valence-corrected chi connectivity index (χ2v) is 6.76. The second-order valence-electron chi connectivity index (χ2n) is 6.44. The first-order valence-electron chi connectivity index (χ1n) is 8.30. The molecular weight excluding hydrogens is 306 g/mol. The molecule has 0 radical (unpaired) electrons. The highest BCUT2D eigenvalue weighted by Gasteiger charge is 2.28. The highest BCUT2D eigenvalue weighted by Crippen LogP contribution is 2.42. The van der Waals surface area contributed by atoms with Gasteiger partial charge in [-0.05, 0) is 31.2 Å². The molecule has 1 unspecified atom stereocenters. The number of thiol groups is 1. The summed E-state index contributed by atoms with van der Waals surface area (Å²) in [6.07, 6.45) is 11.7. The van der Waals surface area contributed by atoms with Crippen molar-refractivity contribution in [1.82, 2.24) is 24.7 Å². The van der Waals surface area contributed by atoms with E-state index in [0.29, 0.717) is 5.92 Å². The van der Waals surface area contributed by atoms with Crippen molar-refractivity contribution in [1.29, 1.82) is 0 Å². The Bertz CT molecular complexity index is 811. The highest BCUT2D eigenvalue weighted by atomic mass is 32.1. The molecule has 0 saturated heterocycles. The summed E-state index contributed by atoms with van der Waals surface area (Å²) in [7, 11) is 0. The van der Waals surface area contributed by atoms with Crippen molar-refractivity contribution < 1.29 is 0 Å². The van der Waals surface area contributed by atoms with Crippen LogP contribution in [0, 0.1) is 5.92 Å². The number of rotatable bonds is 7. The fourth-order valence-electron chi connectivity index (χ4n) is 3.44. The minimum absolute atomic E-state index is 0.482. The van der Waals surface area contributed by atoms with Crippen molar-refractivity contribution in [2.45, 2.75) is 38.0 Å². The fourth-order valence-corrected chi connectivity index (χ4v) is 3.60. The van der Waals surface area contributed by atoms with Gasteiger partial charge in [0, 0.05) is 29.4 Å². The quantitative estimate of drug-likeness (QED) is 0.458. The molecule has 3 aromatic heterocycles. The summed E-state index contributed by atoms with van der Waals surface area (Å²) in [5, 5.41) is 2.30. The molecule has 0 spiro atoms. The van der Waals surface area contributed by atoms with Crippen molar-refractivity contribution in [3.05, 3.63) is 30.5 Å². The Morgan fingerprint density at radius 2 is 2.22 bits per heavy atom. The van der Waals surface area contributed by atoms with Gasteiger partial charge in [-0.3, -0.25) is 4.72 Å². The molecule has 0 aromatic carbocycles. The lowest BCUT2D eigenvalue weighted by molar-refractivity contribution is 0.514. The van der Waals surface area contributed by atoms with Crippen LogP contribution in [0.5, 0.6) is 0 Å². The first-order valence-corrected chi connectivity index (χ1v) is 8.75. The second kappa shape index (κ2) is 6.45. The number of hydrogen-bond acceptors (Lipinski definition) is 5. The van der Waals surface area contributed by atoms with Gasteiger partial charge in [0.2, 0.25) is 0 Å². The van der Waals surface area contributed by atoms with Crippen LogP contribution in [0.25, 0.3) is 21.9 Å². The molecule has 1 aliphatic carbocycles. The summed E-state index contributed by atoms with van der Waals surface area (Å²) in [5.41, 5.74) is 3.04. The standard InChI is InChI=1S/C17H21N5S/c23-22-6-1-2-12(8-11-3-4-11)16-15-13-5-7-18-17(13)19-9-14(15)20-10-21-16/h5,7,9-12,22-23H,1-4,6,8H2,(H,18,19). The number of nitrogens with one attached hydrogen (secondary N) is 2. The maximum Gasteiger partial charge on any atom is 0.138 e. The zero-order valence-corrected chi connectivity index (χ0v) is 13.9. The number of aromatic nitrogens is 4. The highest BCUT2D eigenvalue weighted by molar-refractivity contribution is 7.78. The van der Waals surface area contributed by atoms with Crippen LogP contribution in [0.2, 0.25) is 0 Å². The molecule has 1 atom stereocenters. The minimum atomic E-state index is 0.482. The van der Waals surface area contributed by atoms with Crippen molar-refractivity contribution in [2.24, 2.45) is 5.92 Å². The molecule has 1 fully saturated rings. The van der Waals surface area contributed by atoms with E-state index in [2.05, 4.69) is 38.6 Å². The third-order valence-corrected chi connectivity index (χ3v) is 4.98. The van der Waals surface area contributed by atoms with Gasteiger partial charge in [-0.25, -0.2) is 15.0 Å². The van der Waals surface area contributed by atoms with Crippen LogP contribution in [0.1, 0.15) is 43.7 Å². The van der Waals surface area contributed by atoms with Gasteiger partial charge in [-0.2, -0.15) is 0 Å². The van der Waals surface area contributed by atoms with Crippen LogP contribution in [0.4, 0.5) is 0 Å². The van der Waals surface area contributed by atoms with E-state index in [1.54, 1.807) is 6.33 Å². The van der Waals surface area contributed by atoms with Gasteiger partial charge in [-0.15, -0.1) is 0 Å². The molecule has 4 rings (SSSR count). The summed E-state index contributed by atoms with van der Waals surface area (Å²) in [6.45, 7) is 0.925. The zero-order valence-electron chi connectivity index (χ0n) is 13.0. The lowest BCUT2D eigenvalue weighted by atomic mass is 9.90. The number of hydrogen-bond donors (Lipinski definition) is 3. The van der Waals surface area contributed by atoms with Gasteiger partial charge < -0.3 is 4.98 Å². The Labute approximate surface area is 140 Å². The lowest BCUT2D eigenvalue weighted by Crippen LogP contribution is -2.09. The van der Waals surface area contributed by atoms with Crippen LogP contribution in [0.3, 0.4) is 0 Å². The predicted molar refractivity (Wildman–Crippen MR) is 95.5 cm³/mol. The monoisotopic (exact) mass is 327 g/mol. The summed E-state index contributed by atoms with van der Waals surface area (Å²) in [4.78, 5) is 16.8. The van der Waals surface area contributed by atoms with E-state index in [-0.39, 0.29) is 0 Å². The molecule has 23 heavy (non-hydrogen) atoms.